The molecule has 0 radical (unpaired) electrons. The molecular weight excluding hydrogens is 593 g/mol. The highest BCUT2D eigenvalue weighted by Gasteiger charge is 2.32. The van der Waals surface area contributed by atoms with Crippen LogP contribution >= 0.6 is 34.8 Å². The van der Waals surface area contributed by atoms with Crippen molar-refractivity contribution in [3.8, 4) is 0 Å². The molecule has 1 N–H and O–H groups in total. The molecule has 0 aliphatic heterocycles. The molecule has 214 valence electrons. The van der Waals surface area contributed by atoms with E-state index in [4.69, 9.17) is 34.8 Å². The third kappa shape index (κ3) is 8.13. The third-order valence-corrected chi connectivity index (χ3v) is 9.08. The van der Waals surface area contributed by atoms with Crippen molar-refractivity contribution >= 4 is 62.3 Å². The van der Waals surface area contributed by atoms with E-state index in [1.165, 1.54) is 23.1 Å². The summed E-state index contributed by atoms with van der Waals surface area (Å²) < 4.78 is 28.7. The monoisotopic (exact) mass is 623 g/mol. The lowest BCUT2D eigenvalue weighted by Gasteiger charge is -2.32. The quantitative estimate of drug-likeness (QED) is 0.234. The summed E-state index contributed by atoms with van der Waals surface area (Å²) in [5.74, 6) is -0.933. The predicted octanol–water partition coefficient (Wildman–Crippen LogP) is 6.48. The molecule has 3 aromatic carbocycles. The molecule has 0 unspecified atom stereocenters. The van der Waals surface area contributed by atoms with Crippen molar-refractivity contribution in [2.75, 3.05) is 17.4 Å². The maximum Gasteiger partial charge on any atom is 0.264 e. The molecule has 7 nitrogen and oxygen atoms in total. The Balaban J connectivity index is 2.01. The maximum absolute atomic E-state index is 13.9. The Bertz CT molecular complexity index is 1450. The molecule has 2 amide bonds. The van der Waals surface area contributed by atoms with Crippen LogP contribution in [0.25, 0.3) is 0 Å². The normalized spacial score (nSPS) is 12.1. The van der Waals surface area contributed by atoms with E-state index in [2.05, 4.69) is 5.32 Å². The third-order valence-electron chi connectivity index (χ3n) is 6.32. The Morgan fingerprint density at radius 3 is 2.27 bits per heavy atom. The molecule has 3 aromatic rings. The maximum atomic E-state index is 13.9. The zero-order chi connectivity index (χ0) is 29.4. The summed E-state index contributed by atoms with van der Waals surface area (Å²) in [5.41, 5.74) is 1.74. The number of aryl methyl sites for hydroxylation is 1. The average Bonchev–Trinajstić information content (AvgIpc) is 2.92. The molecule has 11 heteroatoms. The lowest BCUT2D eigenvalue weighted by Crippen LogP contribution is -2.51. The Hall–Kier alpha value is -2.78. The SMILES string of the molecule is CCCCNC(=O)[C@@H](C)N(Cc1ccc(Cl)c(Cl)c1)C(=O)CN(c1cccc(Cl)c1)S(=O)(=O)c1ccc(C)cc1. The van der Waals surface area contributed by atoms with Gasteiger partial charge in [-0.1, -0.05) is 78.0 Å². The molecule has 0 heterocycles. The summed E-state index contributed by atoms with van der Waals surface area (Å²) in [4.78, 5) is 28.3. The summed E-state index contributed by atoms with van der Waals surface area (Å²) >= 11 is 18.5. The number of anilines is 1. The number of unbranched alkanes of at least 4 members (excludes halogenated alkanes) is 1. The molecule has 0 spiro atoms. The first-order chi connectivity index (χ1) is 18.9. The summed E-state index contributed by atoms with van der Waals surface area (Å²) in [6.07, 6.45) is 1.68. The minimum Gasteiger partial charge on any atom is -0.354 e. The van der Waals surface area contributed by atoms with Gasteiger partial charge in [-0.3, -0.25) is 13.9 Å². The van der Waals surface area contributed by atoms with E-state index >= 15 is 0 Å². The van der Waals surface area contributed by atoms with Crippen LogP contribution in [0.15, 0.2) is 71.6 Å². The summed E-state index contributed by atoms with van der Waals surface area (Å²) in [6, 6.07) is 16.6. The van der Waals surface area contributed by atoms with E-state index in [0.29, 0.717) is 27.2 Å². The van der Waals surface area contributed by atoms with Gasteiger partial charge in [0.15, 0.2) is 0 Å². The minimum absolute atomic E-state index is 0.00600. The number of nitrogens with zero attached hydrogens (tertiary/aromatic N) is 2. The van der Waals surface area contributed by atoms with Gasteiger partial charge in [-0.15, -0.1) is 0 Å². The average molecular weight is 625 g/mol. The van der Waals surface area contributed by atoms with Crippen LogP contribution in [-0.4, -0.2) is 44.3 Å². The van der Waals surface area contributed by atoms with Gasteiger partial charge >= 0.3 is 0 Å². The van der Waals surface area contributed by atoms with Gasteiger partial charge in [0.1, 0.15) is 12.6 Å². The minimum atomic E-state index is -4.18. The van der Waals surface area contributed by atoms with Crippen LogP contribution in [0.2, 0.25) is 15.1 Å². The zero-order valence-corrected chi connectivity index (χ0v) is 25.6. The summed E-state index contributed by atoms with van der Waals surface area (Å²) in [5, 5.41) is 3.81. The van der Waals surface area contributed by atoms with Gasteiger partial charge in [-0.05, 0) is 68.3 Å². The largest absolute Gasteiger partial charge is 0.354 e. The first-order valence-electron chi connectivity index (χ1n) is 12.8. The molecule has 0 saturated carbocycles. The van der Waals surface area contributed by atoms with Crippen LogP contribution in [0.3, 0.4) is 0 Å². The standard InChI is InChI=1S/C29H32Cl3N3O4S/c1-4-5-15-33-29(37)21(3)34(18-22-11-14-26(31)27(32)16-22)28(36)19-35(24-8-6-7-23(30)17-24)40(38,39)25-12-9-20(2)10-13-25/h6-14,16-17,21H,4-5,15,18-19H2,1-3H3,(H,33,37)/t21-/m1/s1. The topological polar surface area (TPSA) is 86.8 Å². The lowest BCUT2D eigenvalue weighted by molar-refractivity contribution is -0.139. The van der Waals surface area contributed by atoms with Crippen LogP contribution in [-0.2, 0) is 26.2 Å². The molecule has 40 heavy (non-hydrogen) atoms. The highest BCUT2D eigenvalue weighted by molar-refractivity contribution is 7.92. The fourth-order valence-electron chi connectivity index (χ4n) is 3.95. The van der Waals surface area contributed by atoms with E-state index in [-0.39, 0.29) is 23.0 Å². The number of carbonyl (C=O) groups is 2. The number of amides is 2. The number of rotatable bonds is 12. The van der Waals surface area contributed by atoms with Gasteiger partial charge in [0.05, 0.1) is 20.6 Å². The van der Waals surface area contributed by atoms with Crippen LogP contribution in [0, 0.1) is 6.92 Å². The number of halogens is 3. The van der Waals surface area contributed by atoms with Gasteiger partial charge in [0, 0.05) is 18.1 Å². The number of sulfonamides is 1. The van der Waals surface area contributed by atoms with Crippen LogP contribution in [0.5, 0.6) is 0 Å². The molecule has 0 fully saturated rings. The highest BCUT2D eigenvalue weighted by atomic mass is 35.5. The van der Waals surface area contributed by atoms with Gasteiger partial charge in [-0.2, -0.15) is 0 Å². The molecule has 0 aliphatic carbocycles. The van der Waals surface area contributed by atoms with Crippen molar-refractivity contribution in [3.63, 3.8) is 0 Å². The molecule has 0 aromatic heterocycles. The second-order valence-corrected chi connectivity index (χ2v) is 12.5. The van der Waals surface area contributed by atoms with Crippen molar-refractivity contribution in [2.24, 2.45) is 0 Å². The summed E-state index contributed by atoms with van der Waals surface area (Å²) in [6.45, 7) is 5.37. The fourth-order valence-corrected chi connectivity index (χ4v) is 5.86. The first kappa shape index (κ1) is 31.7. The number of hydrogen-bond acceptors (Lipinski definition) is 4. The number of benzene rings is 3. The Morgan fingerprint density at radius 2 is 1.65 bits per heavy atom. The second kappa shape index (κ2) is 14.2. The Labute approximate surface area is 251 Å². The van der Waals surface area contributed by atoms with Gasteiger partial charge in [0.2, 0.25) is 11.8 Å². The van der Waals surface area contributed by atoms with Crippen LogP contribution in [0.4, 0.5) is 5.69 Å². The van der Waals surface area contributed by atoms with Crippen LogP contribution in [0.1, 0.15) is 37.8 Å². The lowest BCUT2D eigenvalue weighted by atomic mass is 10.1. The Morgan fingerprint density at radius 1 is 0.950 bits per heavy atom. The molecular formula is C29H32Cl3N3O4S. The Kier molecular flexibility index (Phi) is 11.3. The molecule has 0 bridgehead atoms. The highest BCUT2D eigenvalue weighted by Crippen LogP contribution is 2.28. The molecule has 0 aliphatic rings. The second-order valence-electron chi connectivity index (χ2n) is 9.40. The zero-order valence-electron chi connectivity index (χ0n) is 22.5. The van der Waals surface area contributed by atoms with E-state index in [9.17, 15) is 18.0 Å². The van der Waals surface area contributed by atoms with Crippen molar-refractivity contribution in [1.82, 2.24) is 10.2 Å². The van der Waals surface area contributed by atoms with Crippen LogP contribution < -0.4 is 9.62 Å². The van der Waals surface area contributed by atoms with E-state index in [1.807, 2.05) is 13.8 Å². The van der Waals surface area contributed by atoms with Crippen molar-refractivity contribution < 1.29 is 18.0 Å². The number of carbonyl (C=O) groups excluding carboxylic acids is 2. The molecule has 0 saturated heterocycles. The fraction of sp³-hybridized carbons (Fsp3) is 0.310. The van der Waals surface area contributed by atoms with Crippen molar-refractivity contribution in [3.05, 3.63) is 92.9 Å². The molecule has 1 atom stereocenters. The summed E-state index contributed by atoms with van der Waals surface area (Å²) in [7, 11) is -4.18. The van der Waals surface area contributed by atoms with Crippen molar-refractivity contribution in [1.29, 1.82) is 0 Å². The van der Waals surface area contributed by atoms with E-state index < -0.39 is 28.5 Å². The van der Waals surface area contributed by atoms with Gasteiger partial charge < -0.3 is 10.2 Å². The van der Waals surface area contributed by atoms with Crippen molar-refractivity contribution in [2.45, 2.75) is 51.1 Å². The number of nitrogens with one attached hydrogen (secondary N) is 1. The van der Waals surface area contributed by atoms with E-state index in [0.717, 1.165) is 22.7 Å². The van der Waals surface area contributed by atoms with Gasteiger partial charge in [0.25, 0.3) is 10.0 Å². The molecule has 3 rings (SSSR count). The van der Waals surface area contributed by atoms with E-state index in [1.54, 1.807) is 55.5 Å². The predicted molar refractivity (Wildman–Crippen MR) is 162 cm³/mol. The van der Waals surface area contributed by atoms with Gasteiger partial charge in [-0.25, -0.2) is 8.42 Å². The number of hydrogen-bond donors (Lipinski definition) is 1. The smallest absolute Gasteiger partial charge is 0.264 e. The first-order valence-corrected chi connectivity index (χ1v) is 15.4.